The second kappa shape index (κ2) is 9.50. The molecule has 1 saturated heterocycles. The summed E-state index contributed by atoms with van der Waals surface area (Å²) in [5, 5.41) is 3.48. The molecule has 2 aliphatic rings. The van der Waals surface area contributed by atoms with E-state index in [0.717, 1.165) is 5.57 Å². The largest absolute Gasteiger partial charge is 0.398 e. The molecule has 0 unspecified atom stereocenters. The van der Waals surface area contributed by atoms with Crippen molar-refractivity contribution in [3.63, 3.8) is 0 Å². The molecule has 2 aromatic carbocycles. The molecule has 0 bridgehead atoms. The van der Waals surface area contributed by atoms with Crippen LogP contribution in [0.25, 0.3) is 5.70 Å². The summed E-state index contributed by atoms with van der Waals surface area (Å²) in [4.78, 5) is 17.8. The first-order chi connectivity index (χ1) is 16.1. The number of carbonyl (C=O) groups excluding carboxylic acids is 1. The summed E-state index contributed by atoms with van der Waals surface area (Å²) >= 11 is 6.37. The second-order valence-electron chi connectivity index (χ2n) is 9.24. The van der Waals surface area contributed by atoms with Gasteiger partial charge in [0.15, 0.2) is 9.84 Å². The van der Waals surface area contributed by atoms with Crippen molar-refractivity contribution in [2.75, 3.05) is 11.5 Å². The maximum atomic E-state index is 13.4. The quantitative estimate of drug-likeness (QED) is 0.645. The topological polar surface area (TPSA) is 102 Å². The van der Waals surface area contributed by atoms with Crippen LogP contribution in [-0.2, 0) is 14.6 Å². The number of nitrogens with two attached hydrogens (primary N) is 1. The van der Waals surface area contributed by atoms with Crippen molar-refractivity contribution in [3.8, 4) is 0 Å². The summed E-state index contributed by atoms with van der Waals surface area (Å²) in [6, 6.07) is 13.1. The molecule has 2 fully saturated rings. The van der Waals surface area contributed by atoms with E-state index in [1.54, 1.807) is 25.1 Å². The molecule has 1 aliphatic heterocycles. The highest BCUT2D eigenvalue weighted by Crippen LogP contribution is 2.34. The van der Waals surface area contributed by atoms with Crippen molar-refractivity contribution in [2.45, 2.75) is 38.1 Å². The third-order valence-corrected chi connectivity index (χ3v) is 8.64. The number of hydrogen-bond donors (Lipinski definition) is 2. The van der Waals surface area contributed by atoms with Gasteiger partial charge >= 0.3 is 0 Å². The van der Waals surface area contributed by atoms with E-state index >= 15 is 0 Å². The third kappa shape index (κ3) is 5.50. The molecule has 6 nitrogen and oxygen atoms in total. The van der Waals surface area contributed by atoms with Crippen molar-refractivity contribution in [3.05, 3.63) is 70.5 Å². The van der Waals surface area contributed by atoms with Crippen molar-refractivity contribution in [2.24, 2.45) is 16.6 Å². The second-order valence-corrected chi connectivity index (χ2v) is 11.8. The van der Waals surface area contributed by atoms with Gasteiger partial charge in [-0.3, -0.25) is 9.79 Å². The number of amides is 1. The Balaban J connectivity index is 1.64. The molecule has 2 atom stereocenters. The number of carbonyl (C=O) groups is 1. The Kier molecular flexibility index (Phi) is 6.82. The third-order valence-electron chi connectivity index (χ3n) is 6.41. The van der Waals surface area contributed by atoms with E-state index < -0.39 is 15.4 Å². The number of nitrogens with one attached hydrogen (secondary N) is 1. The van der Waals surface area contributed by atoms with Gasteiger partial charge in [-0.05, 0) is 62.1 Å². The minimum absolute atomic E-state index is 0.0560. The molecular formula is C25H27ClFN3O3S. The molecule has 0 aromatic heterocycles. The Morgan fingerprint density at radius 2 is 1.91 bits per heavy atom. The Bertz CT molecular complexity index is 1270. The number of halogens is 2. The van der Waals surface area contributed by atoms with E-state index in [0.29, 0.717) is 53.4 Å². The summed E-state index contributed by atoms with van der Waals surface area (Å²) in [6.07, 6.45) is 1.77. The number of aliphatic imine (C=N–C) groups is 1. The first-order valence-corrected chi connectivity index (χ1v) is 13.3. The summed E-state index contributed by atoms with van der Waals surface area (Å²) in [5.74, 6) is -0.924. The molecule has 4 rings (SSSR count). The van der Waals surface area contributed by atoms with Gasteiger partial charge in [0.05, 0.1) is 22.7 Å². The van der Waals surface area contributed by atoms with Crippen molar-refractivity contribution in [1.82, 2.24) is 5.32 Å². The number of benzene rings is 2. The average Bonchev–Trinajstić information content (AvgIpc) is 3.07. The fourth-order valence-corrected chi connectivity index (χ4v) is 6.90. The minimum Gasteiger partial charge on any atom is -0.398 e. The predicted molar refractivity (Wildman–Crippen MR) is 133 cm³/mol. The molecule has 2 aromatic rings. The molecule has 180 valence electrons. The SMILES string of the molecule is C[C@]1(NC(=O)[C@@H]2CC/C(=C(/N)c3ccccc3Cl)C(=Nc3ccc(F)cc3)C2)CCS(=O)(=O)C1. The molecule has 34 heavy (non-hydrogen) atoms. The Morgan fingerprint density at radius 1 is 1.21 bits per heavy atom. The number of allylic oxidation sites excluding steroid dienone is 1. The molecule has 0 radical (unpaired) electrons. The average molecular weight is 504 g/mol. The first-order valence-electron chi connectivity index (χ1n) is 11.1. The highest BCUT2D eigenvalue weighted by molar-refractivity contribution is 7.91. The lowest BCUT2D eigenvalue weighted by atomic mass is 9.81. The predicted octanol–water partition coefficient (Wildman–Crippen LogP) is 4.42. The summed E-state index contributed by atoms with van der Waals surface area (Å²) < 4.78 is 37.3. The minimum atomic E-state index is -3.15. The van der Waals surface area contributed by atoms with Crippen LogP contribution in [-0.4, -0.2) is 37.1 Å². The van der Waals surface area contributed by atoms with Gasteiger partial charge in [-0.25, -0.2) is 12.8 Å². The lowest BCUT2D eigenvalue weighted by molar-refractivity contribution is -0.126. The van der Waals surface area contributed by atoms with Crippen LogP contribution in [0.2, 0.25) is 5.02 Å². The summed E-state index contributed by atoms with van der Waals surface area (Å²) in [7, 11) is -3.15. The van der Waals surface area contributed by atoms with Crippen LogP contribution in [0.3, 0.4) is 0 Å². The van der Waals surface area contributed by atoms with Gasteiger partial charge in [-0.2, -0.15) is 0 Å². The van der Waals surface area contributed by atoms with E-state index in [1.807, 2.05) is 18.2 Å². The van der Waals surface area contributed by atoms with Gasteiger partial charge in [0.1, 0.15) is 5.82 Å². The van der Waals surface area contributed by atoms with Crippen LogP contribution < -0.4 is 11.1 Å². The van der Waals surface area contributed by atoms with Gasteiger partial charge in [0, 0.05) is 34.3 Å². The van der Waals surface area contributed by atoms with E-state index in [-0.39, 0.29) is 29.1 Å². The van der Waals surface area contributed by atoms with Crippen LogP contribution in [0, 0.1) is 11.7 Å². The van der Waals surface area contributed by atoms with Crippen molar-refractivity contribution >= 4 is 44.4 Å². The number of rotatable bonds is 4. The Hall–Kier alpha value is -2.71. The molecule has 3 N–H and O–H groups in total. The maximum absolute atomic E-state index is 13.4. The maximum Gasteiger partial charge on any atom is 0.223 e. The summed E-state index contributed by atoms with van der Waals surface area (Å²) in [6.45, 7) is 1.77. The van der Waals surface area contributed by atoms with E-state index in [2.05, 4.69) is 5.32 Å². The zero-order chi connectivity index (χ0) is 24.5. The van der Waals surface area contributed by atoms with Crippen LogP contribution in [0.1, 0.15) is 38.2 Å². The molecule has 1 saturated carbocycles. The molecule has 0 spiro atoms. The molecule has 1 heterocycles. The fourth-order valence-electron chi connectivity index (χ4n) is 4.57. The highest BCUT2D eigenvalue weighted by Gasteiger charge is 2.41. The lowest BCUT2D eigenvalue weighted by Gasteiger charge is -2.31. The Labute approximate surface area is 204 Å². The van der Waals surface area contributed by atoms with E-state index in [1.165, 1.54) is 12.1 Å². The van der Waals surface area contributed by atoms with Crippen LogP contribution in [0.4, 0.5) is 10.1 Å². The number of sulfone groups is 1. The van der Waals surface area contributed by atoms with Gasteiger partial charge in [-0.15, -0.1) is 0 Å². The van der Waals surface area contributed by atoms with Crippen molar-refractivity contribution < 1.29 is 17.6 Å². The lowest BCUT2D eigenvalue weighted by Crippen LogP contribution is -2.50. The molecule has 9 heteroatoms. The smallest absolute Gasteiger partial charge is 0.223 e. The standard InChI is InChI=1S/C25H27ClFN3O3S/c1-25(12-13-34(32,33)15-25)30-24(31)16-6-11-20(23(28)19-4-2-3-5-21(19)26)22(14-16)29-18-9-7-17(27)8-10-18/h2-5,7-10,16H,6,11-15,28H2,1H3,(H,30,31)/b23-20-,29-22?/t16-,25+/m1/s1. The van der Waals surface area contributed by atoms with E-state index in [4.69, 9.17) is 22.3 Å². The monoisotopic (exact) mass is 503 g/mol. The molecule has 1 amide bonds. The Morgan fingerprint density at radius 3 is 2.56 bits per heavy atom. The summed E-state index contributed by atoms with van der Waals surface area (Å²) in [5.41, 5.74) is 8.95. The molecule has 1 aliphatic carbocycles. The van der Waals surface area contributed by atoms with Gasteiger partial charge in [0.2, 0.25) is 5.91 Å². The normalized spacial score (nSPS) is 26.9. The van der Waals surface area contributed by atoms with Crippen LogP contribution in [0.15, 0.2) is 59.1 Å². The van der Waals surface area contributed by atoms with Crippen molar-refractivity contribution in [1.29, 1.82) is 0 Å². The first kappa shape index (κ1) is 24.4. The van der Waals surface area contributed by atoms with Crippen LogP contribution in [0.5, 0.6) is 0 Å². The number of hydrogen-bond acceptors (Lipinski definition) is 5. The van der Waals surface area contributed by atoms with E-state index in [9.17, 15) is 17.6 Å². The van der Waals surface area contributed by atoms with Gasteiger partial charge in [-0.1, -0.05) is 29.8 Å². The van der Waals surface area contributed by atoms with Gasteiger partial charge < -0.3 is 11.1 Å². The zero-order valence-corrected chi connectivity index (χ0v) is 20.4. The highest BCUT2D eigenvalue weighted by atomic mass is 35.5. The number of nitrogens with zero attached hydrogens (tertiary/aromatic N) is 1. The fraction of sp³-hybridized carbons (Fsp3) is 0.360. The molecular weight excluding hydrogens is 477 g/mol. The van der Waals surface area contributed by atoms with Gasteiger partial charge in [0.25, 0.3) is 0 Å². The zero-order valence-electron chi connectivity index (χ0n) is 18.9. The van der Waals surface area contributed by atoms with Crippen LogP contribution >= 0.6 is 11.6 Å².